The van der Waals surface area contributed by atoms with E-state index in [4.69, 9.17) is 10.3 Å². The normalized spacial score (nSPS) is 17.5. The van der Waals surface area contributed by atoms with E-state index in [1.165, 1.54) is 23.4 Å². The van der Waals surface area contributed by atoms with E-state index in [1.54, 1.807) is 11.0 Å². The zero-order valence-corrected chi connectivity index (χ0v) is 18.5. The third-order valence-corrected chi connectivity index (χ3v) is 6.50. The fourth-order valence-corrected chi connectivity index (χ4v) is 4.34. The van der Waals surface area contributed by atoms with Crippen molar-refractivity contribution < 1.29 is 19.4 Å². The third-order valence-electron chi connectivity index (χ3n) is 6.50. The molecular weight excluding hydrogens is 424 g/mol. The number of aromatic nitrogens is 1. The van der Waals surface area contributed by atoms with E-state index >= 15 is 0 Å². The van der Waals surface area contributed by atoms with Crippen LogP contribution in [0.5, 0.6) is 5.75 Å². The number of carboxylic acids is 1. The lowest BCUT2D eigenvalue weighted by Gasteiger charge is -2.38. The molecule has 33 heavy (non-hydrogen) atoms. The summed E-state index contributed by atoms with van der Waals surface area (Å²) in [7, 11) is 2.08. The molecule has 1 aromatic carbocycles. The van der Waals surface area contributed by atoms with Crippen LogP contribution in [0, 0.1) is 5.41 Å². The van der Waals surface area contributed by atoms with Crippen molar-refractivity contribution >= 4 is 17.7 Å². The maximum atomic E-state index is 12.8. The van der Waals surface area contributed by atoms with Gasteiger partial charge in [0.25, 0.3) is 5.91 Å². The average molecular weight is 450 g/mol. The summed E-state index contributed by atoms with van der Waals surface area (Å²) in [5.74, 6) is -0.278. The first-order chi connectivity index (χ1) is 15.9. The number of carbonyl (C=O) groups excluding carboxylic acids is 1. The van der Waals surface area contributed by atoms with E-state index in [1.807, 2.05) is 12.1 Å². The topological polar surface area (TPSA) is 132 Å². The van der Waals surface area contributed by atoms with Gasteiger partial charge in [-0.05, 0) is 72.3 Å². The van der Waals surface area contributed by atoms with Gasteiger partial charge in [0.05, 0.1) is 5.56 Å². The monoisotopic (exact) mass is 450 g/mol. The molecule has 2 aliphatic heterocycles. The van der Waals surface area contributed by atoms with Gasteiger partial charge in [0, 0.05) is 37.3 Å². The minimum Gasteiger partial charge on any atom is -0.492 e. The molecule has 10 heteroatoms. The molecule has 4 rings (SSSR count). The molecule has 2 aliphatic rings. The van der Waals surface area contributed by atoms with Crippen LogP contribution >= 0.6 is 0 Å². The second-order valence-corrected chi connectivity index (χ2v) is 8.68. The molecule has 2 aromatic rings. The van der Waals surface area contributed by atoms with Crippen molar-refractivity contribution in [2.45, 2.75) is 25.8 Å². The summed E-state index contributed by atoms with van der Waals surface area (Å²) >= 11 is 0. The summed E-state index contributed by atoms with van der Waals surface area (Å²) in [6, 6.07) is 9.00. The fraction of sp³-hybridized carbons (Fsp3) is 0.435. The van der Waals surface area contributed by atoms with Crippen LogP contribution in [0.25, 0.3) is 10.4 Å². The van der Waals surface area contributed by atoms with Crippen LogP contribution in [0.4, 0.5) is 5.82 Å². The van der Waals surface area contributed by atoms with Gasteiger partial charge in [-0.1, -0.05) is 6.07 Å². The van der Waals surface area contributed by atoms with Crippen molar-refractivity contribution in [2.24, 2.45) is 10.5 Å². The highest BCUT2D eigenvalue weighted by atomic mass is 16.5. The maximum absolute atomic E-state index is 12.8. The van der Waals surface area contributed by atoms with E-state index < -0.39 is 11.4 Å². The molecule has 0 bridgehead atoms. The number of amides is 1. The number of ether oxygens (including phenoxy) is 1. The van der Waals surface area contributed by atoms with Crippen LogP contribution in [0.2, 0.25) is 0 Å². The molecule has 1 aromatic heterocycles. The molecule has 172 valence electrons. The molecule has 1 saturated heterocycles. The van der Waals surface area contributed by atoms with E-state index in [-0.39, 0.29) is 18.3 Å². The molecule has 1 amide bonds. The Labute approximate surface area is 191 Å². The molecule has 0 aliphatic carbocycles. The van der Waals surface area contributed by atoms with Crippen LogP contribution in [-0.4, -0.2) is 65.1 Å². The van der Waals surface area contributed by atoms with Gasteiger partial charge in [0.15, 0.2) is 0 Å². The van der Waals surface area contributed by atoms with Crippen LogP contribution in [-0.2, 0) is 17.8 Å². The third kappa shape index (κ3) is 4.92. The van der Waals surface area contributed by atoms with Gasteiger partial charge in [-0.3, -0.25) is 14.6 Å². The summed E-state index contributed by atoms with van der Waals surface area (Å²) in [4.78, 5) is 35.5. The molecule has 0 spiro atoms. The van der Waals surface area contributed by atoms with Crippen molar-refractivity contribution in [1.29, 1.82) is 0 Å². The van der Waals surface area contributed by atoms with Crippen molar-refractivity contribution in [3.05, 3.63) is 63.7 Å². The van der Waals surface area contributed by atoms with Crippen molar-refractivity contribution in [3.63, 3.8) is 0 Å². The molecule has 0 radical (unpaired) electrons. The molecule has 0 atom stereocenters. The zero-order chi connectivity index (χ0) is 23.4. The number of likely N-dealkylation sites (N-methyl/N-ethyl adjacent to an activating group) is 1. The number of benzene rings is 1. The van der Waals surface area contributed by atoms with E-state index in [9.17, 15) is 14.7 Å². The van der Waals surface area contributed by atoms with Gasteiger partial charge < -0.3 is 19.6 Å². The largest absolute Gasteiger partial charge is 0.492 e. The second-order valence-electron chi connectivity index (χ2n) is 8.68. The SMILES string of the molecule is CN1CCc2ccc(OCC3(C(=O)O)CCN(C(=O)c4ccc(N=[N+]=[N-])nc4)CC3)cc2C1. The first kappa shape index (κ1) is 22.6. The average Bonchev–Trinajstić information content (AvgIpc) is 2.83. The number of fused-ring (bicyclic) bond motifs is 1. The maximum Gasteiger partial charge on any atom is 0.313 e. The highest BCUT2D eigenvalue weighted by Gasteiger charge is 2.43. The smallest absolute Gasteiger partial charge is 0.313 e. The fourth-order valence-electron chi connectivity index (χ4n) is 4.34. The summed E-state index contributed by atoms with van der Waals surface area (Å²) in [5.41, 5.74) is 10.3. The summed E-state index contributed by atoms with van der Waals surface area (Å²) in [6.45, 7) is 2.55. The molecule has 0 unspecified atom stereocenters. The van der Waals surface area contributed by atoms with E-state index in [0.717, 1.165) is 19.5 Å². The predicted molar refractivity (Wildman–Crippen MR) is 120 cm³/mol. The van der Waals surface area contributed by atoms with E-state index in [2.05, 4.69) is 33.0 Å². The second kappa shape index (κ2) is 9.48. The van der Waals surface area contributed by atoms with Gasteiger partial charge in [-0.2, -0.15) is 0 Å². The van der Waals surface area contributed by atoms with Crippen molar-refractivity contribution in [2.75, 3.05) is 33.3 Å². The van der Waals surface area contributed by atoms with Gasteiger partial charge in [-0.25, -0.2) is 0 Å². The first-order valence-electron chi connectivity index (χ1n) is 10.9. The summed E-state index contributed by atoms with van der Waals surface area (Å²) < 4.78 is 5.98. The minimum absolute atomic E-state index is 0.0570. The summed E-state index contributed by atoms with van der Waals surface area (Å²) in [5, 5.41) is 13.4. The van der Waals surface area contributed by atoms with Crippen LogP contribution in [0.15, 0.2) is 41.6 Å². The van der Waals surface area contributed by atoms with Crippen LogP contribution < -0.4 is 4.74 Å². The van der Waals surface area contributed by atoms with Crippen LogP contribution in [0.1, 0.15) is 34.3 Å². The Morgan fingerprint density at radius 2 is 2.00 bits per heavy atom. The first-order valence-corrected chi connectivity index (χ1v) is 10.9. The Hall–Kier alpha value is -3.62. The molecular formula is C23H26N6O4. The molecule has 1 fully saturated rings. The van der Waals surface area contributed by atoms with Gasteiger partial charge in [0.2, 0.25) is 0 Å². The number of aliphatic carboxylic acids is 1. The number of hydrogen-bond donors (Lipinski definition) is 1. The summed E-state index contributed by atoms with van der Waals surface area (Å²) in [6.07, 6.45) is 2.96. The Balaban J connectivity index is 1.39. The molecule has 10 nitrogen and oxygen atoms in total. The Kier molecular flexibility index (Phi) is 6.48. The quantitative estimate of drug-likeness (QED) is 0.408. The Morgan fingerprint density at radius 1 is 1.21 bits per heavy atom. The van der Waals surface area contributed by atoms with Crippen LogP contribution in [0.3, 0.4) is 0 Å². The lowest BCUT2D eigenvalue weighted by Crippen LogP contribution is -2.49. The van der Waals surface area contributed by atoms with E-state index in [0.29, 0.717) is 37.2 Å². The highest BCUT2D eigenvalue weighted by molar-refractivity contribution is 5.94. The number of hydrogen-bond acceptors (Lipinski definition) is 6. The standard InChI is InChI=1S/C23H26N6O4/c1-28-9-6-16-2-4-19(12-18(16)14-28)33-15-23(22(31)32)7-10-29(11-8-23)21(30)17-3-5-20(25-13-17)26-27-24/h2-5,12-13H,6-11,14-15H2,1H3,(H,31,32). The number of carboxylic acid groups (broad SMARTS) is 1. The Morgan fingerprint density at radius 3 is 2.67 bits per heavy atom. The lowest BCUT2D eigenvalue weighted by molar-refractivity contribution is -0.154. The Bertz CT molecular complexity index is 1090. The molecule has 3 heterocycles. The number of azide groups is 1. The van der Waals surface area contributed by atoms with Crippen molar-refractivity contribution in [1.82, 2.24) is 14.8 Å². The van der Waals surface area contributed by atoms with Gasteiger partial charge in [0.1, 0.15) is 23.6 Å². The number of rotatable bonds is 6. The highest BCUT2D eigenvalue weighted by Crippen LogP contribution is 2.34. The number of piperidine rings is 1. The number of nitrogens with zero attached hydrogens (tertiary/aromatic N) is 6. The minimum atomic E-state index is -1.05. The number of carbonyl (C=O) groups is 2. The molecule has 0 saturated carbocycles. The number of likely N-dealkylation sites (tertiary alicyclic amines) is 1. The van der Waals surface area contributed by atoms with Gasteiger partial charge >= 0.3 is 5.97 Å². The molecule has 1 N–H and O–H groups in total. The number of pyridine rings is 1. The lowest BCUT2D eigenvalue weighted by atomic mass is 9.79. The van der Waals surface area contributed by atoms with Gasteiger partial charge in [-0.15, -0.1) is 0 Å². The van der Waals surface area contributed by atoms with Crippen molar-refractivity contribution in [3.8, 4) is 5.75 Å². The predicted octanol–water partition coefficient (Wildman–Crippen LogP) is 3.40. The zero-order valence-electron chi connectivity index (χ0n) is 18.5.